The van der Waals surface area contributed by atoms with E-state index in [2.05, 4.69) is 62.3 Å². The van der Waals surface area contributed by atoms with Crippen molar-refractivity contribution in [1.29, 1.82) is 0 Å². The molecule has 2 heteroatoms. The van der Waals surface area contributed by atoms with Crippen LogP contribution in [0.2, 0.25) is 0 Å². The zero-order chi connectivity index (χ0) is 14.5. The Kier molecular flexibility index (Phi) is 5.62. The van der Waals surface area contributed by atoms with Crippen LogP contribution in [0.15, 0.2) is 24.3 Å². The van der Waals surface area contributed by atoms with E-state index in [0.29, 0.717) is 12.1 Å². The summed E-state index contributed by atoms with van der Waals surface area (Å²) in [5.74, 6) is 0.856. The highest BCUT2D eigenvalue weighted by Gasteiger charge is 2.30. The van der Waals surface area contributed by atoms with Crippen LogP contribution in [0.25, 0.3) is 0 Å². The van der Waals surface area contributed by atoms with Gasteiger partial charge in [0, 0.05) is 18.6 Å². The van der Waals surface area contributed by atoms with Crippen molar-refractivity contribution >= 4 is 0 Å². The van der Waals surface area contributed by atoms with E-state index in [4.69, 9.17) is 0 Å². The molecule has 0 heterocycles. The Hall–Kier alpha value is -0.860. The van der Waals surface area contributed by atoms with Crippen LogP contribution < -0.4 is 5.32 Å². The molecule has 3 atom stereocenters. The van der Waals surface area contributed by atoms with Gasteiger partial charge < -0.3 is 5.32 Å². The zero-order valence-corrected chi connectivity index (χ0v) is 13.5. The van der Waals surface area contributed by atoms with Crippen LogP contribution in [0.4, 0.5) is 0 Å². The first-order valence-electron chi connectivity index (χ1n) is 8.09. The first-order chi connectivity index (χ1) is 9.60. The molecule has 2 nitrogen and oxygen atoms in total. The number of hydrogen-bond donors (Lipinski definition) is 1. The molecule has 1 aliphatic carbocycles. The van der Waals surface area contributed by atoms with E-state index in [1.807, 2.05) is 0 Å². The first kappa shape index (κ1) is 15.5. The number of likely N-dealkylation sites (N-methyl/N-ethyl adjacent to an activating group) is 2. The Labute approximate surface area is 124 Å². The number of nitrogens with one attached hydrogen (secondary N) is 1. The molecule has 0 spiro atoms. The maximum Gasteiger partial charge on any atom is 0.0252 e. The lowest BCUT2D eigenvalue weighted by Crippen LogP contribution is -2.51. The molecule has 1 aromatic carbocycles. The Balaban J connectivity index is 2.02. The molecule has 3 unspecified atom stereocenters. The molecule has 1 N–H and O–H groups in total. The quantitative estimate of drug-likeness (QED) is 0.882. The molecule has 1 saturated carbocycles. The second-order valence-electron chi connectivity index (χ2n) is 6.55. The average molecular weight is 274 g/mol. The predicted octanol–water partition coefficient (Wildman–Crippen LogP) is 3.59. The molecule has 0 aliphatic heterocycles. The van der Waals surface area contributed by atoms with E-state index in [1.165, 1.54) is 30.4 Å². The van der Waals surface area contributed by atoms with Crippen molar-refractivity contribution in [2.45, 2.75) is 58.7 Å². The highest BCUT2D eigenvalue weighted by molar-refractivity contribution is 5.22. The van der Waals surface area contributed by atoms with Gasteiger partial charge in [0.25, 0.3) is 0 Å². The lowest BCUT2D eigenvalue weighted by molar-refractivity contribution is 0.120. The summed E-state index contributed by atoms with van der Waals surface area (Å²) >= 11 is 0. The molecule has 1 fully saturated rings. The molecule has 0 aromatic heterocycles. The third-order valence-corrected chi connectivity index (χ3v) is 4.63. The molecule has 112 valence electrons. The third-order valence-electron chi connectivity index (χ3n) is 4.63. The SMILES string of the molecule is CCNC1CCC(C)CC1N(C)Cc1cccc(C)c1. The first-order valence-corrected chi connectivity index (χ1v) is 8.09. The molecular formula is C18H30N2. The Morgan fingerprint density at radius 2 is 2.10 bits per heavy atom. The monoisotopic (exact) mass is 274 g/mol. The minimum atomic E-state index is 0.658. The van der Waals surface area contributed by atoms with Gasteiger partial charge in [0.1, 0.15) is 0 Å². The second kappa shape index (κ2) is 7.24. The van der Waals surface area contributed by atoms with Gasteiger partial charge in [-0.1, -0.05) is 43.7 Å². The van der Waals surface area contributed by atoms with Crippen molar-refractivity contribution in [2.75, 3.05) is 13.6 Å². The van der Waals surface area contributed by atoms with E-state index in [9.17, 15) is 0 Å². The molecule has 0 saturated heterocycles. The van der Waals surface area contributed by atoms with Crippen LogP contribution in [0, 0.1) is 12.8 Å². The Morgan fingerprint density at radius 1 is 1.30 bits per heavy atom. The van der Waals surface area contributed by atoms with Crippen LogP contribution in [0.1, 0.15) is 44.2 Å². The topological polar surface area (TPSA) is 15.3 Å². The van der Waals surface area contributed by atoms with Gasteiger partial charge in [-0.2, -0.15) is 0 Å². The van der Waals surface area contributed by atoms with Crippen LogP contribution in [-0.2, 0) is 6.54 Å². The van der Waals surface area contributed by atoms with Crippen LogP contribution >= 0.6 is 0 Å². The van der Waals surface area contributed by atoms with E-state index >= 15 is 0 Å². The van der Waals surface area contributed by atoms with Gasteiger partial charge in [0.05, 0.1) is 0 Å². The summed E-state index contributed by atoms with van der Waals surface area (Å²) in [4.78, 5) is 2.55. The summed E-state index contributed by atoms with van der Waals surface area (Å²) in [5, 5.41) is 3.69. The van der Waals surface area contributed by atoms with Gasteiger partial charge >= 0.3 is 0 Å². The molecule has 0 radical (unpaired) electrons. The number of aryl methyl sites for hydroxylation is 1. The smallest absolute Gasteiger partial charge is 0.0252 e. The summed E-state index contributed by atoms with van der Waals surface area (Å²) < 4.78 is 0. The fourth-order valence-electron chi connectivity index (χ4n) is 3.55. The van der Waals surface area contributed by atoms with Crippen molar-refractivity contribution in [3.05, 3.63) is 35.4 Å². The summed E-state index contributed by atoms with van der Waals surface area (Å²) in [6.07, 6.45) is 4.00. The predicted molar refractivity (Wildman–Crippen MR) is 86.9 cm³/mol. The number of benzene rings is 1. The molecule has 20 heavy (non-hydrogen) atoms. The number of rotatable bonds is 5. The Bertz CT molecular complexity index is 416. The number of nitrogens with zero attached hydrogens (tertiary/aromatic N) is 1. The fraction of sp³-hybridized carbons (Fsp3) is 0.667. The van der Waals surface area contributed by atoms with Gasteiger partial charge in [0.15, 0.2) is 0 Å². The maximum absolute atomic E-state index is 3.69. The van der Waals surface area contributed by atoms with Crippen molar-refractivity contribution in [3.8, 4) is 0 Å². The van der Waals surface area contributed by atoms with E-state index in [1.54, 1.807) is 0 Å². The normalized spacial score (nSPS) is 26.9. The maximum atomic E-state index is 3.69. The summed E-state index contributed by atoms with van der Waals surface area (Å²) in [6.45, 7) is 8.92. The Morgan fingerprint density at radius 3 is 2.80 bits per heavy atom. The van der Waals surface area contributed by atoms with Gasteiger partial charge in [-0.15, -0.1) is 0 Å². The average Bonchev–Trinajstić information content (AvgIpc) is 2.41. The molecule has 1 aromatic rings. The van der Waals surface area contributed by atoms with Crippen molar-refractivity contribution in [2.24, 2.45) is 5.92 Å². The third kappa shape index (κ3) is 4.07. The molecular weight excluding hydrogens is 244 g/mol. The van der Waals surface area contributed by atoms with E-state index in [-0.39, 0.29) is 0 Å². The summed E-state index contributed by atoms with van der Waals surface area (Å²) in [5.41, 5.74) is 2.79. The van der Waals surface area contributed by atoms with Crippen molar-refractivity contribution in [1.82, 2.24) is 10.2 Å². The van der Waals surface area contributed by atoms with Crippen LogP contribution in [-0.4, -0.2) is 30.6 Å². The van der Waals surface area contributed by atoms with Gasteiger partial charge in [0.2, 0.25) is 0 Å². The summed E-state index contributed by atoms with van der Waals surface area (Å²) in [6, 6.07) is 10.2. The number of hydrogen-bond acceptors (Lipinski definition) is 2. The molecule has 0 amide bonds. The second-order valence-corrected chi connectivity index (χ2v) is 6.55. The minimum Gasteiger partial charge on any atom is -0.313 e. The highest BCUT2D eigenvalue weighted by atomic mass is 15.2. The summed E-state index contributed by atoms with van der Waals surface area (Å²) in [7, 11) is 2.29. The van der Waals surface area contributed by atoms with Gasteiger partial charge in [-0.05, 0) is 51.3 Å². The van der Waals surface area contributed by atoms with Gasteiger partial charge in [-0.25, -0.2) is 0 Å². The largest absolute Gasteiger partial charge is 0.313 e. The zero-order valence-electron chi connectivity index (χ0n) is 13.5. The highest BCUT2D eigenvalue weighted by Crippen LogP contribution is 2.28. The van der Waals surface area contributed by atoms with Crippen LogP contribution in [0.3, 0.4) is 0 Å². The standard InChI is InChI=1S/C18H30N2/c1-5-19-17-10-9-15(3)12-18(17)20(4)13-16-8-6-7-14(2)11-16/h6-8,11,15,17-19H,5,9-10,12-13H2,1-4H3. The van der Waals surface area contributed by atoms with Crippen LogP contribution in [0.5, 0.6) is 0 Å². The lowest BCUT2D eigenvalue weighted by atomic mass is 9.82. The van der Waals surface area contributed by atoms with E-state index in [0.717, 1.165) is 19.0 Å². The fourth-order valence-corrected chi connectivity index (χ4v) is 3.55. The lowest BCUT2D eigenvalue weighted by Gasteiger charge is -2.41. The molecule has 1 aliphatic rings. The van der Waals surface area contributed by atoms with Crippen molar-refractivity contribution < 1.29 is 0 Å². The van der Waals surface area contributed by atoms with E-state index < -0.39 is 0 Å². The minimum absolute atomic E-state index is 0.658. The molecule has 2 rings (SSSR count). The van der Waals surface area contributed by atoms with Gasteiger partial charge in [-0.3, -0.25) is 4.90 Å². The van der Waals surface area contributed by atoms with Crippen molar-refractivity contribution in [3.63, 3.8) is 0 Å². The molecule has 0 bridgehead atoms.